The number of nitrogens with two attached hydrogens (primary N) is 1. The number of carbonyl (C=O) groups excluding carboxylic acids is 1. The number of likely N-dealkylation sites (tertiary alicyclic amines) is 1. The van der Waals surface area contributed by atoms with Crippen molar-refractivity contribution in [2.45, 2.75) is 50.6 Å². The Labute approximate surface area is 232 Å². The number of carbonyl (C=O) groups is 1. The average molecular weight is 545 g/mol. The first-order valence-electron chi connectivity index (χ1n) is 13.8. The molecule has 0 bridgehead atoms. The molecule has 40 heavy (non-hydrogen) atoms. The van der Waals surface area contributed by atoms with Crippen LogP contribution in [0, 0.1) is 0 Å². The monoisotopic (exact) mass is 544 g/mol. The molecule has 210 valence electrons. The van der Waals surface area contributed by atoms with E-state index in [2.05, 4.69) is 20.6 Å². The van der Waals surface area contributed by atoms with E-state index in [4.69, 9.17) is 15.5 Å². The number of piperidine rings is 1. The van der Waals surface area contributed by atoms with E-state index in [9.17, 15) is 14.4 Å². The number of imidazole rings is 1. The highest BCUT2D eigenvalue weighted by atomic mass is 16.5. The van der Waals surface area contributed by atoms with Crippen molar-refractivity contribution < 1.29 is 9.53 Å². The second kappa shape index (κ2) is 12.4. The average Bonchev–Trinajstić information content (AvgIpc) is 3.32. The molecule has 1 aliphatic rings. The molecule has 2 aromatic carbocycles. The third-order valence-corrected chi connectivity index (χ3v) is 7.57. The van der Waals surface area contributed by atoms with Crippen molar-refractivity contribution in [2.24, 2.45) is 5.73 Å². The molecule has 2 atom stereocenters. The summed E-state index contributed by atoms with van der Waals surface area (Å²) < 4.78 is 7.57. The molecule has 10 nitrogen and oxygen atoms in total. The van der Waals surface area contributed by atoms with Crippen LogP contribution in [0.4, 0.5) is 0 Å². The maximum atomic E-state index is 13.3. The molecule has 0 saturated carbocycles. The number of fused-ring (bicyclic) bond motifs is 1. The van der Waals surface area contributed by atoms with Crippen LogP contribution in [0.1, 0.15) is 43.0 Å². The summed E-state index contributed by atoms with van der Waals surface area (Å²) in [6.45, 7) is 2.89. The van der Waals surface area contributed by atoms with Crippen LogP contribution in [0.3, 0.4) is 0 Å². The van der Waals surface area contributed by atoms with E-state index in [-0.39, 0.29) is 24.3 Å². The summed E-state index contributed by atoms with van der Waals surface area (Å²) >= 11 is 0. The Bertz CT molecular complexity index is 1570. The zero-order valence-electron chi connectivity index (χ0n) is 22.8. The molecule has 4 N–H and O–H groups in total. The van der Waals surface area contributed by atoms with Crippen molar-refractivity contribution in [3.63, 3.8) is 0 Å². The largest absolute Gasteiger partial charge is 0.385 e. The van der Waals surface area contributed by atoms with Gasteiger partial charge < -0.3 is 24.9 Å². The summed E-state index contributed by atoms with van der Waals surface area (Å²) in [5.74, 6) is 1.28. The molecule has 2 unspecified atom stereocenters. The number of hydrogen-bond donors (Lipinski definition) is 3. The summed E-state index contributed by atoms with van der Waals surface area (Å²) in [7, 11) is 1.72. The molecule has 1 fully saturated rings. The number of amides is 1. The maximum Gasteiger partial charge on any atom is 0.325 e. The van der Waals surface area contributed by atoms with Crippen molar-refractivity contribution in [1.29, 1.82) is 0 Å². The fourth-order valence-electron chi connectivity index (χ4n) is 5.60. The minimum atomic E-state index is -0.540. The predicted octanol–water partition coefficient (Wildman–Crippen LogP) is 2.78. The first-order valence-corrected chi connectivity index (χ1v) is 13.8. The predicted molar refractivity (Wildman–Crippen MR) is 154 cm³/mol. The number of benzene rings is 2. The van der Waals surface area contributed by atoms with Crippen LogP contribution < -0.4 is 17.0 Å². The van der Waals surface area contributed by atoms with Crippen LogP contribution in [-0.2, 0) is 22.5 Å². The smallest absolute Gasteiger partial charge is 0.325 e. The summed E-state index contributed by atoms with van der Waals surface area (Å²) in [5, 5.41) is 0. The molecule has 5 rings (SSSR count). The second-order valence-corrected chi connectivity index (χ2v) is 10.5. The van der Waals surface area contributed by atoms with Crippen LogP contribution in [0.2, 0.25) is 0 Å². The Balaban J connectivity index is 1.22. The van der Waals surface area contributed by atoms with E-state index in [1.807, 2.05) is 47.4 Å². The topological polar surface area (TPSA) is 139 Å². The van der Waals surface area contributed by atoms with Crippen LogP contribution in [0.5, 0.6) is 0 Å². The van der Waals surface area contributed by atoms with Gasteiger partial charge in [-0.15, -0.1) is 0 Å². The number of aromatic nitrogens is 4. The number of hydrogen-bond acceptors (Lipinski definition) is 6. The van der Waals surface area contributed by atoms with Gasteiger partial charge in [-0.05, 0) is 48.9 Å². The zero-order valence-corrected chi connectivity index (χ0v) is 22.8. The normalized spacial score (nSPS) is 16.4. The van der Waals surface area contributed by atoms with Gasteiger partial charge in [0.15, 0.2) is 0 Å². The fourth-order valence-corrected chi connectivity index (χ4v) is 5.60. The highest BCUT2D eigenvalue weighted by molar-refractivity contribution is 5.78. The van der Waals surface area contributed by atoms with Crippen molar-refractivity contribution in [3.8, 4) is 11.1 Å². The molecule has 1 amide bonds. The zero-order chi connectivity index (χ0) is 28.1. The Morgan fingerprint density at radius 1 is 1.18 bits per heavy atom. The number of ether oxygens (including phenoxy) is 1. The van der Waals surface area contributed by atoms with Crippen LogP contribution in [0.25, 0.3) is 22.2 Å². The van der Waals surface area contributed by atoms with Gasteiger partial charge in [0, 0.05) is 57.9 Å². The second-order valence-electron chi connectivity index (χ2n) is 10.5. The van der Waals surface area contributed by atoms with Crippen molar-refractivity contribution >= 4 is 16.9 Å². The van der Waals surface area contributed by atoms with Crippen molar-refractivity contribution in [2.75, 3.05) is 26.8 Å². The molecule has 0 spiro atoms. The lowest BCUT2D eigenvalue weighted by molar-refractivity contribution is -0.132. The molecule has 3 heterocycles. The molecular formula is C30H36N6O4. The quantitative estimate of drug-likeness (QED) is 0.262. The molecule has 1 aliphatic heterocycles. The SMILES string of the molecule is COCCCn1c(C2CCCN(C(=O)CC(N)Cc3ccc(-c4c[nH]c(=O)[nH]c4=O)cc3)C2)nc2ccccc21. The Kier molecular flexibility index (Phi) is 8.57. The van der Waals surface area contributed by atoms with Gasteiger partial charge in [-0.3, -0.25) is 14.6 Å². The van der Waals surface area contributed by atoms with Gasteiger partial charge in [0.1, 0.15) is 5.82 Å². The fraction of sp³-hybridized carbons (Fsp3) is 0.400. The number of nitrogens with one attached hydrogen (secondary N) is 2. The van der Waals surface area contributed by atoms with Crippen molar-refractivity contribution in [1.82, 2.24) is 24.4 Å². The summed E-state index contributed by atoms with van der Waals surface area (Å²) in [4.78, 5) is 48.3. The Hall–Kier alpha value is -4.02. The molecule has 10 heteroatoms. The first kappa shape index (κ1) is 27.5. The number of aryl methyl sites for hydroxylation is 1. The van der Waals surface area contributed by atoms with E-state index in [0.717, 1.165) is 54.8 Å². The molecule has 0 radical (unpaired) electrons. The molecular weight excluding hydrogens is 508 g/mol. The first-order chi connectivity index (χ1) is 19.4. The molecule has 2 aromatic heterocycles. The number of methoxy groups -OCH3 is 1. The summed E-state index contributed by atoms with van der Waals surface area (Å²) in [5.41, 5.74) is 9.60. The summed E-state index contributed by atoms with van der Waals surface area (Å²) in [6.07, 6.45) is 5.03. The molecule has 1 saturated heterocycles. The molecule has 0 aliphatic carbocycles. The Morgan fingerprint density at radius 2 is 1.98 bits per heavy atom. The van der Waals surface area contributed by atoms with E-state index in [0.29, 0.717) is 30.7 Å². The van der Waals surface area contributed by atoms with Gasteiger partial charge in [0.2, 0.25) is 5.91 Å². The van der Waals surface area contributed by atoms with Gasteiger partial charge in [0.25, 0.3) is 5.56 Å². The number of rotatable bonds is 10. The van der Waals surface area contributed by atoms with Crippen LogP contribution >= 0.6 is 0 Å². The number of aromatic amines is 2. The lowest BCUT2D eigenvalue weighted by atomic mass is 9.95. The lowest BCUT2D eigenvalue weighted by Crippen LogP contribution is -2.42. The van der Waals surface area contributed by atoms with E-state index in [1.165, 1.54) is 6.20 Å². The highest BCUT2D eigenvalue weighted by Crippen LogP contribution is 2.30. The van der Waals surface area contributed by atoms with Crippen LogP contribution in [-0.4, -0.2) is 63.2 Å². The lowest BCUT2D eigenvalue weighted by Gasteiger charge is -2.33. The van der Waals surface area contributed by atoms with E-state index < -0.39 is 11.2 Å². The highest BCUT2D eigenvalue weighted by Gasteiger charge is 2.29. The van der Waals surface area contributed by atoms with Gasteiger partial charge in [-0.1, -0.05) is 36.4 Å². The van der Waals surface area contributed by atoms with Crippen molar-refractivity contribution in [3.05, 3.63) is 87.0 Å². The number of nitrogens with zero attached hydrogens (tertiary/aromatic N) is 3. The van der Waals surface area contributed by atoms with Gasteiger partial charge in [0.05, 0.1) is 16.6 Å². The van der Waals surface area contributed by atoms with Gasteiger partial charge in [-0.2, -0.15) is 0 Å². The number of H-pyrrole nitrogens is 2. The Morgan fingerprint density at radius 3 is 2.75 bits per heavy atom. The number of para-hydroxylation sites is 2. The van der Waals surface area contributed by atoms with Gasteiger partial charge in [-0.25, -0.2) is 9.78 Å². The standard InChI is InChI=1S/C30H36N6O4/c1-40-15-5-14-36-26-8-3-2-7-25(26)33-28(36)22-6-4-13-35(19-22)27(37)17-23(31)16-20-9-11-21(12-10-20)24-18-32-30(39)34-29(24)38/h2-3,7-12,18,22-23H,4-6,13-17,19,31H2,1H3,(H2,32,34,38,39). The van der Waals surface area contributed by atoms with E-state index >= 15 is 0 Å². The third-order valence-electron chi connectivity index (χ3n) is 7.57. The van der Waals surface area contributed by atoms with E-state index in [1.54, 1.807) is 7.11 Å². The third kappa shape index (κ3) is 6.24. The minimum absolute atomic E-state index is 0.0654. The molecule has 4 aromatic rings. The minimum Gasteiger partial charge on any atom is -0.385 e. The maximum absolute atomic E-state index is 13.3. The van der Waals surface area contributed by atoms with Gasteiger partial charge >= 0.3 is 5.69 Å². The van der Waals surface area contributed by atoms with Crippen LogP contribution in [0.15, 0.2) is 64.3 Å². The summed E-state index contributed by atoms with van der Waals surface area (Å²) in [6, 6.07) is 15.3.